The summed E-state index contributed by atoms with van der Waals surface area (Å²) in [4.78, 5) is 12.2. The molecule has 20 heavy (non-hydrogen) atoms. The van der Waals surface area contributed by atoms with E-state index in [0.717, 1.165) is 17.0 Å². The highest BCUT2D eigenvalue weighted by atomic mass is 32.1. The number of nitrogens with zero attached hydrogens (tertiary/aromatic N) is 2. The lowest BCUT2D eigenvalue weighted by Crippen LogP contribution is -2.08. The van der Waals surface area contributed by atoms with E-state index in [1.54, 1.807) is 12.1 Å². The molecule has 1 aliphatic rings. The highest BCUT2D eigenvalue weighted by molar-refractivity contribution is 7.11. The Bertz CT molecular complexity index is 670. The number of carbonyl (C=O) groups is 1. The van der Waals surface area contributed by atoms with Crippen LogP contribution in [0.3, 0.4) is 0 Å². The Hall–Kier alpha value is -1.66. The summed E-state index contributed by atoms with van der Waals surface area (Å²) in [6.45, 7) is 1.82. The normalized spacial score (nSPS) is 20.9. The van der Waals surface area contributed by atoms with Gasteiger partial charge < -0.3 is 5.73 Å². The van der Waals surface area contributed by atoms with Crippen molar-refractivity contribution in [2.24, 2.45) is 5.73 Å². The van der Waals surface area contributed by atoms with Gasteiger partial charge in [-0.05, 0) is 31.0 Å². The van der Waals surface area contributed by atoms with Crippen LogP contribution in [0.15, 0.2) is 18.2 Å². The minimum Gasteiger partial charge on any atom is -0.327 e. The molecule has 4 nitrogen and oxygen atoms in total. The van der Waals surface area contributed by atoms with Crippen molar-refractivity contribution in [2.75, 3.05) is 0 Å². The van der Waals surface area contributed by atoms with Crippen LogP contribution in [0, 0.1) is 12.7 Å². The zero-order valence-electron chi connectivity index (χ0n) is 11.0. The number of halogens is 1. The van der Waals surface area contributed by atoms with Crippen molar-refractivity contribution in [3.05, 3.63) is 45.2 Å². The lowest BCUT2D eigenvalue weighted by molar-refractivity contribution is 0.0988. The first kappa shape index (κ1) is 13.3. The second-order valence-corrected chi connectivity index (χ2v) is 6.33. The van der Waals surface area contributed by atoms with Gasteiger partial charge in [0.15, 0.2) is 5.78 Å². The van der Waals surface area contributed by atoms with Gasteiger partial charge in [0.1, 0.15) is 15.8 Å². The maximum atomic E-state index is 13.8. The van der Waals surface area contributed by atoms with Crippen LogP contribution >= 0.6 is 11.3 Å². The van der Waals surface area contributed by atoms with Gasteiger partial charge in [0.2, 0.25) is 0 Å². The molecule has 0 saturated heterocycles. The summed E-state index contributed by atoms with van der Waals surface area (Å²) in [6, 6.07) is 4.81. The fourth-order valence-electron chi connectivity index (χ4n) is 2.23. The topological polar surface area (TPSA) is 68.9 Å². The molecule has 1 aliphatic carbocycles. The van der Waals surface area contributed by atoms with E-state index in [2.05, 4.69) is 10.2 Å². The molecule has 1 saturated carbocycles. The number of rotatable bonds is 4. The number of aromatic nitrogens is 2. The molecule has 0 spiro atoms. The van der Waals surface area contributed by atoms with E-state index >= 15 is 0 Å². The molecule has 2 atom stereocenters. The number of hydrogen-bond acceptors (Lipinski definition) is 5. The summed E-state index contributed by atoms with van der Waals surface area (Å²) in [5.74, 6) is -0.505. The largest absolute Gasteiger partial charge is 0.327 e. The third-order valence-electron chi connectivity index (χ3n) is 3.44. The van der Waals surface area contributed by atoms with Gasteiger partial charge in [-0.25, -0.2) is 4.39 Å². The molecule has 104 valence electrons. The molecule has 6 heteroatoms. The molecule has 0 aliphatic heterocycles. The average Bonchev–Trinajstić information content (AvgIpc) is 2.99. The number of benzene rings is 1. The minimum atomic E-state index is -0.491. The molecule has 2 aromatic rings. The summed E-state index contributed by atoms with van der Waals surface area (Å²) >= 11 is 1.35. The summed E-state index contributed by atoms with van der Waals surface area (Å²) in [5.41, 5.74) is 6.85. The van der Waals surface area contributed by atoms with E-state index < -0.39 is 5.82 Å². The first-order valence-electron chi connectivity index (χ1n) is 6.42. The lowest BCUT2D eigenvalue weighted by atomic mass is 10.0. The number of Topliss-reactive ketones (excluding diaryl/α,β-unsaturated/α-hetero) is 1. The quantitative estimate of drug-likeness (QED) is 0.877. The molecule has 0 radical (unpaired) electrons. The van der Waals surface area contributed by atoms with Crippen LogP contribution < -0.4 is 5.73 Å². The predicted octanol–water partition coefficient (Wildman–Crippen LogP) is 2.23. The van der Waals surface area contributed by atoms with Gasteiger partial charge >= 0.3 is 0 Å². The molecule has 1 fully saturated rings. The zero-order valence-corrected chi connectivity index (χ0v) is 11.8. The molecule has 1 aromatic carbocycles. The van der Waals surface area contributed by atoms with Crippen molar-refractivity contribution in [3.8, 4) is 0 Å². The monoisotopic (exact) mass is 291 g/mol. The fraction of sp³-hybridized carbons (Fsp3) is 0.357. The standard InChI is InChI=1S/C14H14FN3OS/c1-7-17-18-14(20-7)6-13(19)10-4-8(2-3-11(10)15)9-5-12(9)16/h2-4,9,12H,5-6,16H2,1H3. The molecule has 1 heterocycles. The molecule has 0 amide bonds. The van der Waals surface area contributed by atoms with Gasteiger partial charge in [-0.1, -0.05) is 6.07 Å². The number of hydrogen-bond donors (Lipinski definition) is 1. The molecule has 2 N–H and O–H groups in total. The SMILES string of the molecule is Cc1nnc(CC(=O)c2cc(C3CC3N)ccc2F)s1. The van der Waals surface area contributed by atoms with Gasteiger partial charge in [-0.2, -0.15) is 0 Å². The van der Waals surface area contributed by atoms with Crippen LogP contribution in [0.4, 0.5) is 4.39 Å². The third-order valence-corrected chi connectivity index (χ3v) is 4.28. The van der Waals surface area contributed by atoms with E-state index in [9.17, 15) is 9.18 Å². The molecule has 0 bridgehead atoms. The van der Waals surface area contributed by atoms with Crippen molar-refractivity contribution in [1.29, 1.82) is 0 Å². The number of ketones is 1. The molecule has 2 unspecified atom stereocenters. The van der Waals surface area contributed by atoms with Crippen LogP contribution in [0.2, 0.25) is 0 Å². The average molecular weight is 291 g/mol. The Morgan fingerprint density at radius 3 is 2.85 bits per heavy atom. The second kappa shape index (κ2) is 5.03. The van der Waals surface area contributed by atoms with Gasteiger partial charge in [-0.3, -0.25) is 4.79 Å². The number of aryl methyl sites for hydroxylation is 1. The molecular weight excluding hydrogens is 277 g/mol. The van der Waals surface area contributed by atoms with E-state index in [4.69, 9.17) is 5.73 Å². The fourth-order valence-corrected chi connectivity index (χ4v) is 2.93. The van der Waals surface area contributed by atoms with Crippen molar-refractivity contribution < 1.29 is 9.18 Å². The molecule has 1 aromatic heterocycles. The Morgan fingerprint density at radius 1 is 1.50 bits per heavy atom. The van der Waals surface area contributed by atoms with Crippen LogP contribution in [0.1, 0.15) is 38.3 Å². The van der Waals surface area contributed by atoms with Crippen molar-refractivity contribution in [1.82, 2.24) is 10.2 Å². The first-order chi connectivity index (χ1) is 9.54. The Labute approximate surface area is 119 Å². The van der Waals surface area contributed by atoms with Crippen molar-refractivity contribution in [2.45, 2.75) is 31.7 Å². The summed E-state index contributed by atoms with van der Waals surface area (Å²) in [5, 5.41) is 9.16. The van der Waals surface area contributed by atoms with E-state index in [0.29, 0.717) is 5.01 Å². The van der Waals surface area contributed by atoms with Gasteiger partial charge in [0.05, 0.1) is 12.0 Å². The zero-order chi connectivity index (χ0) is 14.3. The Morgan fingerprint density at radius 2 is 2.25 bits per heavy atom. The van der Waals surface area contributed by atoms with E-state index in [1.165, 1.54) is 17.4 Å². The minimum absolute atomic E-state index is 0.0859. The first-order valence-corrected chi connectivity index (χ1v) is 7.23. The van der Waals surface area contributed by atoms with Gasteiger partial charge in [-0.15, -0.1) is 21.5 Å². The predicted molar refractivity (Wildman–Crippen MR) is 74.4 cm³/mol. The maximum Gasteiger partial charge on any atom is 0.172 e. The van der Waals surface area contributed by atoms with Crippen LogP contribution in [0.5, 0.6) is 0 Å². The van der Waals surface area contributed by atoms with Crippen molar-refractivity contribution in [3.63, 3.8) is 0 Å². The summed E-state index contributed by atoms with van der Waals surface area (Å²) in [7, 11) is 0. The maximum absolute atomic E-state index is 13.8. The van der Waals surface area contributed by atoms with E-state index in [-0.39, 0.29) is 29.7 Å². The van der Waals surface area contributed by atoms with Gasteiger partial charge in [0.25, 0.3) is 0 Å². The molecule has 3 rings (SSSR count). The Balaban J connectivity index is 1.83. The van der Waals surface area contributed by atoms with Crippen molar-refractivity contribution >= 4 is 17.1 Å². The second-order valence-electron chi connectivity index (χ2n) is 5.06. The summed E-state index contributed by atoms with van der Waals surface area (Å²) in [6.07, 6.45) is 0.984. The lowest BCUT2D eigenvalue weighted by Gasteiger charge is -2.05. The summed E-state index contributed by atoms with van der Waals surface area (Å²) < 4.78 is 13.8. The van der Waals surface area contributed by atoms with Crippen LogP contribution in [0.25, 0.3) is 0 Å². The molecular formula is C14H14FN3OS. The number of carbonyl (C=O) groups excluding carboxylic acids is 1. The smallest absolute Gasteiger partial charge is 0.172 e. The third kappa shape index (κ3) is 2.62. The highest BCUT2D eigenvalue weighted by Crippen LogP contribution is 2.39. The number of nitrogens with two attached hydrogens (primary N) is 1. The Kier molecular flexibility index (Phi) is 3.35. The highest BCUT2D eigenvalue weighted by Gasteiger charge is 2.35. The van der Waals surface area contributed by atoms with Gasteiger partial charge in [0, 0.05) is 12.0 Å². The van der Waals surface area contributed by atoms with Crippen LogP contribution in [-0.2, 0) is 6.42 Å². The van der Waals surface area contributed by atoms with Crippen LogP contribution in [-0.4, -0.2) is 22.0 Å². The van der Waals surface area contributed by atoms with E-state index in [1.807, 2.05) is 6.92 Å².